The summed E-state index contributed by atoms with van der Waals surface area (Å²) in [4.78, 5) is 0. The van der Waals surface area contributed by atoms with E-state index in [1.807, 2.05) is 12.1 Å². The minimum atomic E-state index is 0.296. The van der Waals surface area contributed by atoms with Gasteiger partial charge < -0.3 is 4.74 Å². The smallest absolute Gasteiger partial charge is 0.287 e. The molecule has 0 atom stereocenters. The van der Waals surface area contributed by atoms with Crippen molar-refractivity contribution in [3.8, 4) is 0 Å². The van der Waals surface area contributed by atoms with Crippen LogP contribution in [0.1, 0.15) is 12.8 Å². The topological polar surface area (TPSA) is 9.23 Å². The molecule has 1 heterocycles. The SMILES string of the molecule is BrB(c1ccccc1)c1ccccc1.C1CCOC1. The Balaban J connectivity index is 0.000000224. The van der Waals surface area contributed by atoms with Gasteiger partial charge in [0, 0.05) is 13.2 Å². The van der Waals surface area contributed by atoms with E-state index in [9.17, 15) is 0 Å². The second-order valence-corrected chi connectivity index (χ2v) is 5.42. The van der Waals surface area contributed by atoms with Crippen molar-refractivity contribution in [2.24, 2.45) is 0 Å². The zero-order chi connectivity index (χ0) is 13.3. The van der Waals surface area contributed by atoms with Crippen molar-refractivity contribution < 1.29 is 4.74 Å². The highest BCUT2D eigenvalue weighted by molar-refractivity contribution is 9.25. The van der Waals surface area contributed by atoms with E-state index in [1.54, 1.807) is 0 Å². The zero-order valence-electron chi connectivity index (χ0n) is 11.0. The standard InChI is InChI=1S/C12H10BBr.C4H8O/c14-13(11-7-3-1-4-8-11)12-9-5-2-6-10-12;1-2-4-5-3-1/h1-10H;1-4H2. The van der Waals surface area contributed by atoms with E-state index in [0.29, 0.717) is 5.54 Å². The van der Waals surface area contributed by atoms with E-state index < -0.39 is 0 Å². The first-order valence-corrected chi connectivity index (χ1v) is 7.61. The van der Waals surface area contributed by atoms with Crippen LogP contribution in [0.15, 0.2) is 60.7 Å². The van der Waals surface area contributed by atoms with Crippen LogP contribution in [0.4, 0.5) is 0 Å². The van der Waals surface area contributed by atoms with Gasteiger partial charge in [-0.3, -0.25) is 0 Å². The number of hydrogen-bond donors (Lipinski definition) is 0. The van der Waals surface area contributed by atoms with Gasteiger partial charge in [0.25, 0.3) is 5.54 Å². The van der Waals surface area contributed by atoms with Gasteiger partial charge in [-0.2, -0.15) is 0 Å². The van der Waals surface area contributed by atoms with Crippen molar-refractivity contribution in [2.75, 3.05) is 13.2 Å². The molecule has 3 heteroatoms. The Morgan fingerprint density at radius 3 is 1.47 bits per heavy atom. The van der Waals surface area contributed by atoms with E-state index >= 15 is 0 Å². The first kappa shape index (κ1) is 14.4. The summed E-state index contributed by atoms with van der Waals surface area (Å²) in [5.74, 6) is 0. The maximum absolute atomic E-state index is 4.94. The Morgan fingerprint density at radius 2 is 1.16 bits per heavy atom. The van der Waals surface area contributed by atoms with Crippen LogP contribution >= 0.6 is 15.8 Å². The van der Waals surface area contributed by atoms with Crippen LogP contribution < -0.4 is 10.9 Å². The van der Waals surface area contributed by atoms with Gasteiger partial charge in [0.05, 0.1) is 0 Å². The summed E-state index contributed by atoms with van der Waals surface area (Å²) in [6, 6.07) is 20.8. The molecular weight excluding hydrogens is 299 g/mol. The lowest BCUT2D eigenvalue weighted by atomic mass is 9.63. The number of hydrogen-bond acceptors (Lipinski definition) is 1. The summed E-state index contributed by atoms with van der Waals surface area (Å²) >= 11 is 3.69. The first-order chi connectivity index (χ1) is 9.38. The molecule has 0 bridgehead atoms. The highest BCUT2D eigenvalue weighted by atomic mass is 79.9. The van der Waals surface area contributed by atoms with Crippen LogP contribution in [0.2, 0.25) is 0 Å². The van der Waals surface area contributed by atoms with Crippen molar-refractivity contribution in [1.29, 1.82) is 0 Å². The lowest BCUT2D eigenvalue weighted by Crippen LogP contribution is -2.36. The molecule has 0 N–H and O–H groups in total. The molecule has 0 aliphatic carbocycles. The van der Waals surface area contributed by atoms with Gasteiger partial charge in [0.15, 0.2) is 0 Å². The van der Waals surface area contributed by atoms with E-state index in [0.717, 1.165) is 13.2 Å². The second-order valence-electron chi connectivity index (χ2n) is 4.50. The van der Waals surface area contributed by atoms with Gasteiger partial charge >= 0.3 is 0 Å². The normalized spacial score (nSPS) is 13.5. The Labute approximate surface area is 124 Å². The predicted molar refractivity (Wildman–Crippen MR) is 86.9 cm³/mol. The van der Waals surface area contributed by atoms with Gasteiger partial charge in [-0.25, -0.2) is 0 Å². The average molecular weight is 317 g/mol. The van der Waals surface area contributed by atoms with Crippen LogP contribution in [0, 0.1) is 0 Å². The van der Waals surface area contributed by atoms with Crippen molar-refractivity contribution in [2.45, 2.75) is 12.8 Å². The summed E-state index contributed by atoms with van der Waals surface area (Å²) in [7, 11) is 0. The molecule has 2 aromatic carbocycles. The second kappa shape index (κ2) is 8.18. The quantitative estimate of drug-likeness (QED) is 0.774. The fraction of sp³-hybridized carbons (Fsp3) is 0.250. The Bertz CT molecular complexity index is 410. The first-order valence-electron chi connectivity index (χ1n) is 6.69. The van der Waals surface area contributed by atoms with Crippen LogP contribution in [-0.4, -0.2) is 18.8 Å². The van der Waals surface area contributed by atoms with Crippen molar-refractivity contribution in [3.63, 3.8) is 0 Å². The fourth-order valence-corrected chi connectivity index (χ4v) is 2.56. The molecule has 0 unspecified atom stereocenters. The molecule has 19 heavy (non-hydrogen) atoms. The molecule has 0 aromatic heterocycles. The maximum Gasteiger partial charge on any atom is 0.287 e. The van der Waals surface area contributed by atoms with Gasteiger partial charge in [0.2, 0.25) is 0 Å². The van der Waals surface area contributed by atoms with Crippen LogP contribution in [0.25, 0.3) is 0 Å². The number of benzene rings is 2. The summed E-state index contributed by atoms with van der Waals surface area (Å²) in [5, 5.41) is 0. The maximum atomic E-state index is 4.94. The van der Waals surface area contributed by atoms with Crippen molar-refractivity contribution in [3.05, 3.63) is 60.7 Å². The molecule has 1 aliphatic rings. The largest absolute Gasteiger partial charge is 0.381 e. The molecule has 0 amide bonds. The molecule has 98 valence electrons. The third kappa shape index (κ3) is 4.85. The van der Waals surface area contributed by atoms with Crippen LogP contribution in [-0.2, 0) is 4.74 Å². The van der Waals surface area contributed by atoms with E-state index in [1.165, 1.54) is 23.8 Å². The third-order valence-electron chi connectivity index (χ3n) is 3.01. The zero-order valence-corrected chi connectivity index (χ0v) is 12.6. The van der Waals surface area contributed by atoms with E-state index in [-0.39, 0.29) is 0 Å². The molecule has 0 saturated carbocycles. The van der Waals surface area contributed by atoms with Crippen LogP contribution in [0.3, 0.4) is 0 Å². The van der Waals surface area contributed by atoms with Gasteiger partial charge in [-0.1, -0.05) is 71.6 Å². The van der Waals surface area contributed by atoms with E-state index in [2.05, 4.69) is 64.3 Å². The van der Waals surface area contributed by atoms with Crippen molar-refractivity contribution >= 4 is 32.2 Å². The minimum absolute atomic E-state index is 0.296. The molecular formula is C16H18BBrO. The van der Waals surface area contributed by atoms with Crippen molar-refractivity contribution in [1.82, 2.24) is 0 Å². The van der Waals surface area contributed by atoms with Gasteiger partial charge in [-0.15, -0.1) is 15.8 Å². The van der Waals surface area contributed by atoms with Gasteiger partial charge in [0.1, 0.15) is 0 Å². The summed E-state index contributed by atoms with van der Waals surface area (Å²) in [6.45, 7) is 2.00. The summed E-state index contributed by atoms with van der Waals surface area (Å²) in [5.41, 5.74) is 2.88. The third-order valence-corrected chi connectivity index (χ3v) is 4.07. The lowest BCUT2D eigenvalue weighted by Gasteiger charge is -2.06. The summed E-state index contributed by atoms with van der Waals surface area (Å²) in [6.07, 6.45) is 2.56. The highest BCUT2D eigenvalue weighted by Gasteiger charge is 2.13. The minimum Gasteiger partial charge on any atom is -0.381 e. The molecule has 1 saturated heterocycles. The molecule has 2 aromatic rings. The number of rotatable bonds is 2. The summed E-state index contributed by atoms with van der Waals surface area (Å²) < 4.78 is 4.94. The Kier molecular flexibility index (Phi) is 6.18. The molecule has 0 radical (unpaired) electrons. The fourth-order valence-electron chi connectivity index (χ4n) is 1.95. The number of ether oxygens (including phenoxy) is 1. The molecule has 1 aliphatic heterocycles. The Morgan fingerprint density at radius 1 is 0.737 bits per heavy atom. The average Bonchev–Trinajstić information content (AvgIpc) is 3.08. The van der Waals surface area contributed by atoms with E-state index in [4.69, 9.17) is 4.74 Å². The monoisotopic (exact) mass is 316 g/mol. The molecule has 0 spiro atoms. The Hall–Kier alpha value is -1.06. The molecule has 3 rings (SSSR count). The van der Waals surface area contributed by atoms with Crippen LogP contribution in [0.5, 0.6) is 0 Å². The number of halogens is 1. The lowest BCUT2D eigenvalue weighted by molar-refractivity contribution is 0.198. The predicted octanol–water partition coefficient (Wildman–Crippen LogP) is 2.98. The highest BCUT2D eigenvalue weighted by Crippen LogP contribution is 1.98. The van der Waals surface area contributed by atoms with Gasteiger partial charge in [-0.05, 0) is 12.8 Å². The molecule has 1 fully saturated rings. The molecule has 1 nitrogen and oxygen atoms in total.